The molecule has 1 saturated heterocycles. The van der Waals surface area contributed by atoms with Crippen LogP contribution in [0.25, 0.3) is 0 Å². The Hall–Kier alpha value is -0.930. The summed E-state index contributed by atoms with van der Waals surface area (Å²) in [7, 11) is 0. The van der Waals surface area contributed by atoms with E-state index in [0.717, 1.165) is 30.5 Å². The number of halogens is 1. The van der Waals surface area contributed by atoms with Crippen LogP contribution in [0, 0.1) is 12.7 Å². The third kappa shape index (κ3) is 2.42. The van der Waals surface area contributed by atoms with E-state index in [2.05, 4.69) is 4.90 Å². The van der Waals surface area contributed by atoms with Crippen LogP contribution in [0.2, 0.25) is 0 Å². The van der Waals surface area contributed by atoms with Gasteiger partial charge in [-0.15, -0.1) is 0 Å². The summed E-state index contributed by atoms with van der Waals surface area (Å²) in [6.45, 7) is 3.71. The zero-order valence-electron chi connectivity index (χ0n) is 9.62. The van der Waals surface area contributed by atoms with E-state index in [0.29, 0.717) is 6.54 Å². The molecule has 0 amide bonds. The minimum Gasteiger partial charge on any atom is -0.395 e. The number of hydrogen-bond donors (Lipinski definition) is 1. The SMILES string of the molecule is Cc1ccc(F)c(CN2CCC[C@H]2CO)c1. The molecule has 1 heterocycles. The lowest BCUT2D eigenvalue weighted by Gasteiger charge is -2.23. The van der Waals surface area contributed by atoms with Crippen LogP contribution in [0.5, 0.6) is 0 Å². The van der Waals surface area contributed by atoms with Crippen LogP contribution < -0.4 is 0 Å². The standard InChI is InChI=1S/C13H18FNO/c1-10-4-5-13(14)11(7-10)8-15-6-2-3-12(15)9-16/h4-5,7,12,16H,2-3,6,8-9H2,1H3/t12-/m0/s1. The summed E-state index contributed by atoms with van der Waals surface area (Å²) in [6.07, 6.45) is 2.11. The molecule has 1 aliphatic rings. The van der Waals surface area contributed by atoms with Crippen molar-refractivity contribution in [2.24, 2.45) is 0 Å². The molecule has 0 spiro atoms. The number of hydrogen-bond acceptors (Lipinski definition) is 2. The van der Waals surface area contributed by atoms with Crippen LogP contribution in [0.4, 0.5) is 4.39 Å². The molecule has 1 aromatic carbocycles. The van der Waals surface area contributed by atoms with Gasteiger partial charge < -0.3 is 5.11 Å². The van der Waals surface area contributed by atoms with Gasteiger partial charge in [0.1, 0.15) is 5.82 Å². The third-order valence-electron chi connectivity index (χ3n) is 3.28. The molecular formula is C13H18FNO. The van der Waals surface area contributed by atoms with Gasteiger partial charge in [0, 0.05) is 18.2 Å². The van der Waals surface area contributed by atoms with Crippen molar-refractivity contribution in [3.63, 3.8) is 0 Å². The van der Waals surface area contributed by atoms with Gasteiger partial charge in [0.2, 0.25) is 0 Å². The van der Waals surface area contributed by atoms with Crippen molar-refractivity contribution in [2.75, 3.05) is 13.2 Å². The van der Waals surface area contributed by atoms with Crippen molar-refractivity contribution in [3.05, 3.63) is 35.1 Å². The Bertz CT molecular complexity index is 367. The normalized spacial score (nSPS) is 21.6. The van der Waals surface area contributed by atoms with Crippen LogP contribution in [0.15, 0.2) is 18.2 Å². The number of nitrogens with zero attached hydrogens (tertiary/aromatic N) is 1. The van der Waals surface area contributed by atoms with Gasteiger partial charge in [-0.2, -0.15) is 0 Å². The van der Waals surface area contributed by atoms with Gasteiger partial charge >= 0.3 is 0 Å². The Morgan fingerprint density at radius 2 is 2.31 bits per heavy atom. The molecule has 88 valence electrons. The molecule has 0 bridgehead atoms. The average molecular weight is 223 g/mol. The molecule has 0 aliphatic carbocycles. The first-order chi connectivity index (χ1) is 7.70. The first-order valence-corrected chi connectivity index (χ1v) is 5.80. The van der Waals surface area contributed by atoms with Crippen LogP contribution in [-0.2, 0) is 6.54 Å². The van der Waals surface area contributed by atoms with Crippen molar-refractivity contribution in [1.29, 1.82) is 0 Å². The lowest BCUT2D eigenvalue weighted by molar-refractivity contribution is 0.152. The van der Waals surface area contributed by atoms with E-state index < -0.39 is 0 Å². The molecule has 1 aromatic rings. The topological polar surface area (TPSA) is 23.5 Å². The fourth-order valence-electron chi connectivity index (χ4n) is 2.35. The molecule has 0 aromatic heterocycles. The van der Waals surface area contributed by atoms with E-state index in [1.165, 1.54) is 6.07 Å². The molecule has 0 saturated carbocycles. The van der Waals surface area contributed by atoms with E-state index in [-0.39, 0.29) is 18.5 Å². The Morgan fingerprint density at radius 3 is 3.06 bits per heavy atom. The molecule has 1 aliphatic heterocycles. The number of aliphatic hydroxyl groups excluding tert-OH is 1. The largest absolute Gasteiger partial charge is 0.395 e. The Balaban J connectivity index is 2.11. The van der Waals surface area contributed by atoms with E-state index in [1.54, 1.807) is 6.07 Å². The third-order valence-corrected chi connectivity index (χ3v) is 3.28. The molecular weight excluding hydrogens is 205 g/mol. The summed E-state index contributed by atoms with van der Waals surface area (Å²) in [4.78, 5) is 2.16. The molecule has 0 radical (unpaired) electrons. The molecule has 2 rings (SSSR count). The number of likely N-dealkylation sites (tertiary alicyclic amines) is 1. The van der Waals surface area contributed by atoms with Crippen LogP contribution in [0.3, 0.4) is 0 Å². The summed E-state index contributed by atoms with van der Waals surface area (Å²) < 4.78 is 13.6. The van der Waals surface area contributed by atoms with E-state index in [9.17, 15) is 9.50 Å². The van der Waals surface area contributed by atoms with Crippen molar-refractivity contribution < 1.29 is 9.50 Å². The van der Waals surface area contributed by atoms with Gasteiger partial charge in [0.15, 0.2) is 0 Å². The van der Waals surface area contributed by atoms with Gasteiger partial charge in [-0.05, 0) is 32.4 Å². The van der Waals surface area contributed by atoms with Crippen molar-refractivity contribution in [3.8, 4) is 0 Å². The Labute approximate surface area is 95.7 Å². The summed E-state index contributed by atoms with van der Waals surface area (Å²) in [5, 5.41) is 9.20. The Morgan fingerprint density at radius 1 is 1.50 bits per heavy atom. The fourth-order valence-corrected chi connectivity index (χ4v) is 2.35. The zero-order valence-corrected chi connectivity index (χ0v) is 9.62. The minimum absolute atomic E-state index is 0.144. The van der Waals surface area contributed by atoms with Gasteiger partial charge in [0.25, 0.3) is 0 Å². The maximum absolute atomic E-state index is 13.6. The average Bonchev–Trinajstić information content (AvgIpc) is 2.71. The summed E-state index contributed by atoms with van der Waals surface area (Å²) >= 11 is 0. The number of rotatable bonds is 3. The molecule has 1 atom stereocenters. The number of aliphatic hydroxyl groups is 1. The van der Waals surface area contributed by atoms with Gasteiger partial charge in [0.05, 0.1) is 6.61 Å². The van der Waals surface area contributed by atoms with Crippen molar-refractivity contribution >= 4 is 0 Å². The predicted octanol–water partition coefficient (Wildman–Crippen LogP) is 2.09. The van der Waals surface area contributed by atoms with Gasteiger partial charge in [-0.25, -0.2) is 4.39 Å². The number of aryl methyl sites for hydroxylation is 1. The first kappa shape index (κ1) is 11.6. The monoisotopic (exact) mass is 223 g/mol. The lowest BCUT2D eigenvalue weighted by Crippen LogP contribution is -2.31. The predicted molar refractivity (Wildman–Crippen MR) is 61.7 cm³/mol. The maximum Gasteiger partial charge on any atom is 0.127 e. The summed E-state index contributed by atoms with van der Waals surface area (Å²) in [5.41, 5.74) is 1.82. The highest BCUT2D eigenvalue weighted by atomic mass is 19.1. The summed E-state index contributed by atoms with van der Waals surface area (Å²) in [6, 6.07) is 5.41. The van der Waals surface area contributed by atoms with Crippen molar-refractivity contribution in [1.82, 2.24) is 4.90 Å². The van der Waals surface area contributed by atoms with Crippen molar-refractivity contribution in [2.45, 2.75) is 32.4 Å². The van der Waals surface area contributed by atoms with Crippen LogP contribution >= 0.6 is 0 Å². The quantitative estimate of drug-likeness (QED) is 0.848. The highest BCUT2D eigenvalue weighted by Crippen LogP contribution is 2.21. The van der Waals surface area contributed by atoms with Crippen LogP contribution in [0.1, 0.15) is 24.0 Å². The van der Waals surface area contributed by atoms with Gasteiger partial charge in [-0.1, -0.05) is 17.7 Å². The molecule has 1 fully saturated rings. The lowest BCUT2D eigenvalue weighted by atomic mass is 10.1. The number of benzene rings is 1. The van der Waals surface area contributed by atoms with Gasteiger partial charge in [-0.3, -0.25) is 4.90 Å². The highest BCUT2D eigenvalue weighted by Gasteiger charge is 2.24. The second kappa shape index (κ2) is 4.93. The van der Waals surface area contributed by atoms with E-state index in [1.807, 2.05) is 13.0 Å². The highest BCUT2D eigenvalue weighted by molar-refractivity contribution is 5.24. The molecule has 3 heteroatoms. The maximum atomic E-state index is 13.6. The summed E-state index contributed by atoms with van der Waals surface area (Å²) in [5.74, 6) is -0.144. The molecule has 2 nitrogen and oxygen atoms in total. The zero-order chi connectivity index (χ0) is 11.5. The molecule has 0 unspecified atom stereocenters. The second-order valence-corrected chi connectivity index (χ2v) is 4.54. The first-order valence-electron chi connectivity index (χ1n) is 5.80. The van der Waals surface area contributed by atoms with Crippen LogP contribution in [-0.4, -0.2) is 29.2 Å². The van der Waals surface area contributed by atoms with E-state index in [4.69, 9.17) is 0 Å². The smallest absolute Gasteiger partial charge is 0.127 e. The Kier molecular flexibility index (Phi) is 3.56. The molecule has 1 N–H and O–H groups in total. The second-order valence-electron chi connectivity index (χ2n) is 4.54. The fraction of sp³-hybridized carbons (Fsp3) is 0.538. The minimum atomic E-state index is -0.144. The molecule has 16 heavy (non-hydrogen) atoms. The van der Waals surface area contributed by atoms with E-state index >= 15 is 0 Å².